The number of aromatic hydroxyl groups is 2. The molecule has 6 nitrogen and oxygen atoms in total. The summed E-state index contributed by atoms with van der Waals surface area (Å²) in [7, 11) is 2.52. The monoisotopic (exact) mass is 402 g/mol. The molecule has 4 aromatic rings. The third-order valence-corrected chi connectivity index (χ3v) is 5.05. The number of phenolic OH excluding ortho intramolecular Hbond substituents is 2. The van der Waals surface area contributed by atoms with Gasteiger partial charge in [-0.25, -0.2) is 9.59 Å². The maximum Gasteiger partial charge on any atom is 0.341 e. The Balaban J connectivity index is 1.84. The molecule has 150 valence electrons. The van der Waals surface area contributed by atoms with Gasteiger partial charge in [-0.05, 0) is 69.1 Å². The molecule has 0 bridgehead atoms. The average molecular weight is 402 g/mol. The van der Waals surface area contributed by atoms with E-state index in [9.17, 15) is 19.8 Å². The van der Waals surface area contributed by atoms with Crippen molar-refractivity contribution in [2.45, 2.75) is 0 Å². The van der Waals surface area contributed by atoms with Crippen LogP contribution in [0.5, 0.6) is 11.5 Å². The first-order valence-corrected chi connectivity index (χ1v) is 9.12. The van der Waals surface area contributed by atoms with Crippen LogP contribution in [0, 0.1) is 0 Å². The van der Waals surface area contributed by atoms with E-state index >= 15 is 0 Å². The third kappa shape index (κ3) is 3.28. The third-order valence-electron chi connectivity index (χ3n) is 5.05. The van der Waals surface area contributed by atoms with Crippen LogP contribution in [0.1, 0.15) is 20.7 Å². The highest BCUT2D eigenvalue weighted by Gasteiger charge is 2.15. The number of carbonyl (C=O) groups excluding carboxylic acids is 2. The highest BCUT2D eigenvalue weighted by atomic mass is 16.5. The SMILES string of the molecule is COC(=O)c1cc2cc(-c3ccc4cc(O)c(C(=O)OC)cc4c3)ccc2cc1O. The number of methoxy groups -OCH3 is 2. The summed E-state index contributed by atoms with van der Waals surface area (Å²) in [6.45, 7) is 0. The minimum Gasteiger partial charge on any atom is -0.507 e. The van der Waals surface area contributed by atoms with Crippen molar-refractivity contribution < 1.29 is 29.3 Å². The summed E-state index contributed by atoms with van der Waals surface area (Å²) >= 11 is 0. The number of ether oxygens (including phenoxy) is 2. The van der Waals surface area contributed by atoms with Crippen molar-refractivity contribution in [1.82, 2.24) is 0 Å². The van der Waals surface area contributed by atoms with Gasteiger partial charge >= 0.3 is 11.9 Å². The van der Waals surface area contributed by atoms with Gasteiger partial charge < -0.3 is 19.7 Å². The molecule has 0 heterocycles. The Hall–Kier alpha value is -4.06. The van der Waals surface area contributed by atoms with Crippen molar-refractivity contribution in [2.24, 2.45) is 0 Å². The van der Waals surface area contributed by atoms with Gasteiger partial charge in [-0.1, -0.05) is 24.3 Å². The second-order valence-electron chi connectivity index (χ2n) is 6.85. The number of fused-ring (bicyclic) bond motifs is 2. The predicted molar refractivity (Wildman–Crippen MR) is 113 cm³/mol. The molecule has 0 saturated heterocycles. The van der Waals surface area contributed by atoms with Crippen LogP contribution >= 0.6 is 0 Å². The van der Waals surface area contributed by atoms with Crippen LogP contribution in [0.2, 0.25) is 0 Å². The first-order chi connectivity index (χ1) is 14.4. The molecule has 4 rings (SSSR count). The van der Waals surface area contributed by atoms with E-state index in [-0.39, 0.29) is 22.6 Å². The van der Waals surface area contributed by atoms with Gasteiger partial charge in [0.1, 0.15) is 22.6 Å². The quantitative estimate of drug-likeness (QED) is 0.485. The Labute approximate surface area is 171 Å². The van der Waals surface area contributed by atoms with Crippen molar-refractivity contribution in [2.75, 3.05) is 14.2 Å². The van der Waals surface area contributed by atoms with Crippen molar-refractivity contribution in [3.05, 3.63) is 71.8 Å². The Morgan fingerprint density at radius 3 is 1.37 bits per heavy atom. The minimum absolute atomic E-state index is 0.0962. The average Bonchev–Trinajstić information content (AvgIpc) is 2.76. The van der Waals surface area contributed by atoms with E-state index in [0.29, 0.717) is 0 Å². The summed E-state index contributed by atoms with van der Waals surface area (Å²) in [4.78, 5) is 23.8. The molecule has 0 saturated carbocycles. The molecule has 0 amide bonds. The van der Waals surface area contributed by atoms with E-state index in [1.165, 1.54) is 26.4 Å². The normalized spacial score (nSPS) is 10.9. The Kier molecular flexibility index (Phi) is 4.75. The molecule has 30 heavy (non-hydrogen) atoms. The lowest BCUT2D eigenvalue weighted by Gasteiger charge is -2.10. The van der Waals surface area contributed by atoms with Crippen LogP contribution in [0.4, 0.5) is 0 Å². The second-order valence-corrected chi connectivity index (χ2v) is 6.85. The topological polar surface area (TPSA) is 93.1 Å². The number of benzene rings is 4. The summed E-state index contributed by atoms with van der Waals surface area (Å²) in [5.74, 6) is -1.49. The lowest BCUT2D eigenvalue weighted by atomic mass is 9.96. The Morgan fingerprint density at radius 1 is 0.600 bits per heavy atom. The fraction of sp³-hybridized carbons (Fsp3) is 0.0833. The molecule has 2 N–H and O–H groups in total. The number of rotatable bonds is 3. The number of hydrogen-bond acceptors (Lipinski definition) is 6. The number of phenols is 2. The lowest BCUT2D eigenvalue weighted by Crippen LogP contribution is -2.01. The van der Waals surface area contributed by atoms with E-state index in [0.717, 1.165) is 32.7 Å². The molecule has 0 aliphatic rings. The summed E-state index contributed by atoms with van der Waals surface area (Å²) in [6.07, 6.45) is 0. The van der Waals surface area contributed by atoms with Gasteiger partial charge in [0.2, 0.25) is 0 Å². The van der Waals surface area contributed by atoms with Crippen LogP contribution in [-0.4, -0.2) is 36.4 Å². The molecule has 0 aliphatic heterocycles. The first-order valence-electron chi connectivity index (χ1n) is 9.12. The highest BCUT2D eigenvalue weighted by Crippen LogP contribution is 2.33. The summed E-state index contributed by atoms with van der Waals surface area (Å²) in [5.41, 5.74) is 1.97. The molecule has 0 radical (unpaired) electrons. The molecular formula is C24H18O6. The van der Waals surface area contributed by atoms with Crippen LogP contribution < -0.4 is 0 Å². The zero-order chi connectivity index (χ0) is 21.4. The number of carbonyl (C=O) groups is 2. The van der Waals surface area contributed by atoms with Crippen molar-refractivity contribution in [3.8, 4) is 22.6 Å². The van der Waals surface area contributed by atoms with Gasteiger partial charge in [0.05, 0.1) is 14.2 Å². The zero-order valence-electron chi connectivity index (χ0n) is 16.3. The smallest absolute Gasteiger partial charge is 0.341 e. The van der Waals surface area contributed by atoms with Crippen LogP contribution in [-0.2, 0) is 9.47 Å². The minimum atomic E-state index is -0.611. The van der Waals surface area contributed by atoms with Crippen molar-refractivity contribution in [1.29, 1.82) is 0 Å². The van der Waals surface area contributed by atoms with Crippen LogP contribution in [0.3, 0.4) is 0 Å². The van der Waals surface area contributed by atoms with E-state index in [1.807, 2.05) is 36.4 Å². The molecule has 0 spiro atoms. The zero-order valence-corrected chi connectivity index (χ0v) is 16.3. The van der Waals surface area contributed by atoms with Gasteiger partial charge in [-0.2, -0.15) is 0 Å². The van der Waals surface area contributed by atoms with Gasteiger partial charge in [0.25, 0.3) is 0 Å². The molecule has 0 aliphatic carbocycles. The fourth-order valence-corrected chi connectivity index (χ4v) is 3.48. The van der Waals surface area contributed by atoms with Crippen LogP contribution in [0.15, 0.2) is 60.7 Å². The van der Waals surface area contributed by atoms with Crippen molar-refractivity contribution in [3.63, 3.8) is 0 Å². The highest BCUT2D eigenvalue weighted by molar-refractivity contribution is 6.01. The van der Waals surface area contributed by atoms with Crippen molar-refractivity contribution >= 4 is 33.5 Å². The Morgan fingerprint density at radius 2 is 1.00 bits per heavy atom. The largest absolute Gasteiger partial charge is 0.507 e. The maximum atomic E-state index is 11.9. The molecule has 0 unspecified atom stereocenters. The molecule has 6 heteroatoms. The van der Waals surface area contributed by atoms with E-state index in [4.69, 9.17) is 9.47 Å². The number of esters is 2. The van der Waals surface area contributed by atoms with Gasteiger partial charge in [-0.15, -0.1) is 0 Å². The molecular weight excluding hydrogens is 384 g/mol. The molecule has 4 aromatic carbocycles. The maximum absolute atomic E-state index is 11.9. The summed E-state index contributed by atoms with van der Waals surface area (Å²) in [6, 6.07) is 17.6. The Bertz CT molecular complexity index is 1220. The van der Waals surface area contributed by atoms with Gasteiger partial charge in [-0.3, -0.25) is 0 Å². The number of hydrogen-bond donors (Lipinski definition) is 2. The second kappa shape index (κ2) is 7.40. The summed E-state index contributed by atoms with van der Waals surface area (Å²) in [5, 5.41) is 23.2. The van der Waals surface area contributed by atoms with E-state index in [1.54, 1.807) is 12.1 Å². The van der Waals surface area contributed by atoms with Gasteiger partial charge in [0.15, 0.2) is 0 Å². The molecule has 0 fully saturated rings. The lowest BCUT2D eigenvalue weighted by molar-refractivity contribution is 0.0588. The predicted octanol–water partition coefficient (Wildman–Crippen LogP) is 4.64. The van der Waals surface area contributed by atoms with Gasteiger partial charge in [0, 0.05) is 0 Å². The fourth-order valence-electron chi connectivity index (χ4n) is 3.48. The standard InChI is InChI=1S/C24H18O6/c1-29-23(27)19-9-17-7-13(3-5-15(17)11-21(19)25)14-4-6-16-12-22(26)20(24(28)30-2)10-18(16)8-14/h3-12,25-26H,1-2H3. The molecule has 0 atom stereocenters. The summed E-state index contributed by atoms with van der Waals surface area (Å²) < 4.78 is 9.44. The first kappa shape index (κ1) is 19.3. The van der Waals surface area contributed by atoms with E-state index in [2.05, 4.69) is 0 Å². The molecule has 0 aromatic heterocycles. The van der Waals surface area contributed by atoms with Crippen LogP contribution in [0.25, 0.3) is 32.7 Å². The van der Waals surface area contributed by atoms with E-state index < -0.39 is 11.9 Å².